The first-order valence-corrected chi connectivity index (χ1v) is 6.50. The Morgan fingerprint density at radius 1 is 1.41 bits per heavy atom. The van der Waals surface area contributed by atoms with Crippen molar-refractivity contribution in [1.29, 1.82) is 0 Å². The second-order valence-electron chi connectivity index (χ2n) is 5.55. The van der Waals surface area contributed by atoms with Gasteiger partial charge in [0.15, 0.2) is 0 Å². The van der Waals surface area contributed by atoms with Gasteiger partial charge in [-0.15, -0.1) is 0 Å². The summed E-state index contributed by atoms with van der Waals surface area (Å²) in [6.07, 6.45) is 1.64. The van der Waals surface area contributed by atoms with E-state index in [0.29, 0.717) is 6.54 Å². The summed E-state index contributed by atoms with van der Waals surface area (Å²) in [5.74, 6) is 0. The van der Waals surface area contributed by atoms with Crippen LogP contribution in [0.5, 0.6) is 0 Å². The highest BCUT2D eigenvalue weighted by Gasteiger charge is 2.34. The van der Waals surface area contributed by atoms with Gasteiger partial charge in [-0.25, -0.2) is 0 Å². The van der Waals surface area contributed by atoms with Gasteiger partial charge in [-0.3, -0.25) is 0 Å². The first-order valence-electron chi connectivity index (χ1n) is 6.12. The second-order valence-corrected chi connectivity index (χ2v) is 5.98. The number of anilines is 1. The lowest BCUT2D eigenvalue weighted by Gasteiger charge is -2.46. The monoisotopic (exact) mass is 253 g/mol. The van der Waals surface area contributed by atoms with E-state index in [1.165, 1.54) is 5.56 Å². The molecule has 0 bridgehead atoms. The molecular formula is C14H20ClNO. The third kappa shape index (κ3) is 2.58. The van der Waals surface area contributed by atoms with E-state index in [0.717, 1.165) is 23.6 Å². The Kier molecular flexibility index (Phi) is 3.37. The van der Waals surface area contributed by atoms with E-state index in [1.54, 1.807) is 0 Å². The van der Waals surface area contributed by atoms with Crippen LogP contribution in [0.2, 0.25) is 5.02 Å². The molecule has 17 heavy (non-hydrogen) atoms. The molecule has 1 fully saturated rings. The van der Waals surface area contributed by atoms with Gasteiger partial charge in [0.05, 0.1) is 6.10 Å². The number of hydrogen-bond donors (Lipinski definition) is 1. The molecule has 0 aliphatic carbocycles. The molecule has 0 amide bonds. The summed E-state index contributed by atoms with van der Waals surface area (Å²) in [5.41, 5.74) is 2.42. The summed E-state index contributed by atoms with van der Waals surface area (Å²) in [6.45, 7) is 7.22. The molecule has 0 saturated carbocycles. The minimum atomic E-state index is -0.235. The maximum atomic E-state index is 9.86. The smallest absolute Gasteiger partial charge is 0.0716 e. The van der Waals surface area contributed by atoms with E-state index in [-0.39, 0.29) is 11.6 Å². The lowest BCUT2D eigenvalue weighted by atomic mass is 9.88. The topological polar surface area (TPSA) is 23.5 Å². The molecule has 2 rings (SSSR count). The lowest BCUT2D eigenvalue weighted by Crippen LogP contribution is -2.52. The van der Waals surface area contributed by atoms with Crippen LogP contribution in [0.15, 0.2) is 18.2 Å². The highest BCUT2D eigenvalue weighted by atomic mass is 35.5. The molecule has 2 nitrogen and oxygen atoms in total. The van der Waals surface area contributed by atoms with E-state index >= 15 is 0 Å². The van der Waals surface area contributed by atoms with Crippen LogP contribution in [-0.2, 0) is 0 Å². The first-order chi connectivity index (χ1) is 7.90. The molecule has 1 saturated heterocycles. The van der Waals surface area contributed by atoms with Crippen molar-refractivity contribution in [2.45, 2.75) is 45.3 Å². The second kappa shape index (κ2) is 4.51. The van der Waals surface area contributed by atoms with E-state index in [1.807, 2.05) is 18.2 Å². The molecule has 0 spiro atoms. The van der Waals surface area contributed by atoms with Gasteiger partial charge in [-0.1, -0.05) is 17.7 Å². The zero-order valence-corrected chi connectivity index (χ0v) is 11.5. The van der Waals surface area contributed by atoms with Crippen molar-refractivity contribution in [2.24, 2.45) is 0 Å². The summed E-state index contributed by atoms with van der Waals surface area (Å²) >= 11 is 6.08. The third-order valence-corrected chi connectivity index (χ3v) is 3.91. The maximum absolute atomic E-state index is 9.86. The van der Waals surface area contributed by atoms with Gasteiger partial charge >= 0.3 is 0 Å². The normalized spacial score (nSPS) is 23.8. The van der Waals surface area contributed by atoms with Gasteiger partial charge in [0.1, 0.15) is 0 Å². The minimum absolute atomic E-state index is 0.0780. The quantitative estimate of drug-likeness (QED) is 0.829. The summed E-state index contributed by atoms with van der Waals surface area (Å²) < 4.78 is 0. The molecular weight excluding hydrogens is 234 g/mol. The lowest BCUT2D eigenvalue weighted by molar-refractivity contribution is 0.126. The Hall–Kier alpha value is -0.730. The summed E-state index contributed by atoms with van der Waals surface area (Å²) in [7, 11) is 0. The van der Waals surface area contributed by atoms with Crippen molar-refractivity contribution >= 4 is 17.3 Å². The van der Waals surface area contributed by atoms with Crippen molar-refractivity contribution in [1.82, 2.24) is 0 Å². The summed E-state index contributed by atoms with van der Waals surface area (Å²) in [5, 5.41) is 10.6. The van der Waals surface area contributed by atoms with Gasteiger partial charge in [-0.05, 0) is 51.3 Å². The number of halogens is 1. The van der Waals surface area contributed by atoms with Crippen LogP contribution in [0.1, 0.15) is 32.3 Å². The fourth-order valence-electron chi connectivity index (χ4n) is 2.50. The first kappa shape index (κ1) is 12.7. The van der Waals surface area contributed by atoms with E-state index in [9.17, 15) is 5.11 Å². The molecule has 0 aromatic heterocycles. The average molecular weight is 254 g/mol. The Morgan fingerprint density at radius 2 is 2.12 bits per heavy atom. The number of aryl methyl sites for hydroxylation is 1. The molecule has 3 heteroatoms. The molecule has 1 atom stereocenters. The Morgan fingerprint density at radius 3 is 2.82 bits per heavy atom. The number of benzene rings is 1. The van der Waals surface area contributed by atoms with Crippen LogP contribution in [-0.4, -0.2) is 23.3 Å². The predicted molar refractivity (Wildman–Crippen MR) is 72.9 cm³/mol. The number of β-amino-alcohol motifs (C(OH)–C–C–N with tert-alkyl or cyclic N) is 1. The van der Waals surface area contributed by atoms with E-state index in [2.05, 4.69) is 25.7 Å². The standard InChI is InChI=1S/C14H20ClNO/c1-10-4-5-11(15)8-13(10)16-9-12(17)6-7-14(16,2)3/h4-5,8,12,17H,6-7,9H2,1-3H3. The zero-order chi connectivity index (χ0) is 12.6. The van der Waals surface area contributed by atoms with Crippen LogP contribution in [0, 0.1) is 6.92 Å². The number of nitrogens with zero attached hydrogens (tertiary/aromatic N) is 1. The molecule has 1 aromatic carbocycles. The zero-order valence-electron chi connectivity index (χ0n) is 10.7. The molecule has 1 aliphatic rings. The number of piperidine rings is 1. The van der Waals surface area contributed by atoms with Gasteiger partial charge < -0.3 is 10.0 Å². The third-order valence-electron chi connectivity index (χ3n) is 3.68. The Bertz CT molecular complexity index is 417. The van der Waals surface area contributed by atoms with Gasteiger partial charge in [0.2, 0.25) is 0 Å². The van der Waals surface area contributed by atoms with Crippen LogP contribution in [0.4, 0.5) is 5.69 Å². The molecule has 1 unspecified atom stereocenters. The van der Waals surface area contributed by atoms with Crippen LogP contribution >= 0.6 is 11.6 Å². The van der Waals surface area contributed by atoms with Crippen molar-refractivity contribution in [2.75, 3.05) is 11.4 Å². The fourth-order valence-corrected chi connectivity index (χ4v) is 2.67. The molecule has 1 aliphatic heterocycles. The van der Waals surface area contributed by atoms with Gasteiger partial charge in [0, 0.05) is 22.8 Å². The Balaban J connectivity index is 2.39. The maximum Gasteiger partial charge on any atom is 0.0716 e. The van der Waals surface area contributed by atoms with Crippen LogP contribution in [0.25, 0.3) is 0 Å². The largest absolute Gasteiger partial charge is 0.391 e. The molecule has 1 heterocycles. The molecule has 1 N–H and O–H groups in total. The number of aliphatic hydroxyl groups is 1. The van der Waals surface area contributed by atoms with Crippen molar-refractivity contribution in [3.63, 3.8) is 0 Å². The van der Waals surface area contributed by atoms with E-state index in [4.69, 9.17) is 11.6 Å². The molecule has 0 radical (unpaired) electrons. The number of rotatable bonds is 1. The van der Waals surface area contributed by atoms with Gasteiger partial charge in [-0.2, -0.15) is 0 Å². The highest BCUT2D eigenvalue weighted by Crippen LogP contribution is 2.35. The van der Waals surface area contributed by atoms with Crippen molar-refractivity contribution in [3.8, 4) is 0 Å². The number of aliphatic hydroxyl groups excluding tert-OH is 1. The van der Waals surface area contributed by atoms with Crippen LogP contribution < -0.4 is 4.90 Å². The highest BCUT2D eigenvalue weighted by molar-refractivity contribution is 6.30. The van der Waals surface area contributed by atoms with Crippen molar-refractivity contribution in [3.05, 3.63) is 28.8 Å². The van der Waals surface area contributed by atoms with Gasteiger partial charge in [0.25, 0.3) is 0 Å². The molecule has 94 valence electrons. The summed E-state index contributed by atoms with van der Waals surface area (Å²) in [6, 6.07) is 5.94. The average Bonchev–Trinajstić information content (AvgIpc) is 2.26. The SMILES string of the molecule is Cc1ccc(Cl)cc1N1CC(O)CCC1(C)C. The summed E-state index contributed by atoms with van der Waals surface area (Å²) in [4.78, 5) is 2.28. The predicted octanol–water partition coefficient (Wildman–Crippen LogP) is 3.39. The fraction of sp³-hybridized carbons (Fsp3) is 0.571. The minimum Gasteiger partial charge on any atom is -0.391 e. The number of hydrogen-bond acceptors (Lipinski definition) is 2. The van der Waals surface area contributed by atoms with E-state index < -0.39 is 0 Å². The van der Waals surface area contributed by atoms with Crippen molar-refractivity contribution < 1.29 is 5.11 Å². The van der Waals surface area contributed by atoms with Crippen LogP contribution in [0.3, 0.4) is 0 Å². The molecule has 1 aromatic rings. The Labute approximate surface area is 108 Å².